The van der Waals surface area contributed by atoms with Gasteiger partial charge in [-0.25, -0.2) is 4.39 Å². The Morgan fingerprint density at radius 3 is 2.60 bits per heavy atom. The number of aliphatic carboxylic acids is 1. The molecule has 0 amide bonds. The highest BCUT2D eigenvalue weighted by Gasteiger charge is 2.33. The summed E-state index contributed by atoms with van der Waals surface area (Å²) in [4.78, 5) is 11.7. The highest BCUT2D eigenvalue weighted by molar-refractivity contribution is 6.33. The molecule has 3 aromatic rings. The molecule has 2 unspecified atom stereocenters. The number of benzene rings is 3. The van der Waals surface area contributed by atoms with E-state index in [0.29, 0.717) is 34.6 Å². The van der Waals surface area contributed by atoms with Gasteiger partial charge in [0, 0.05) is 17.2 Å². The van der Waals surface area contributed by atoms with Crippen molar-refractivity contribution in [2.24, 2.45) is 5.73 Å². The minimum atomic E-state index is -0.942. The van der Waals surface area contributed by atoms with Gasteiger partial charge >= 0.3 is 5.97 Å². The summed E-state index contributed by atoms with van der Waals surface area (Å²) >= 11 is 6.16. The lowest BCUT2D eigenvalue weighted by molar-refractivity contribution is -0.139. The predicted molar refractivity (Wildman–Crippen MR) is 117 cm³/mol. The van der Waals surface area contributed by atoms with Crippen molar-refractivity contribution < 1.29 is 19.0 Å². The summed E-state index contributed by atoms with van der Waals surface area (Å²) in [6, 6.07) is 16.8. The number of ether oxygens (including phenoxy) is 1. The van der Waals surface area contributed by atoms with E-state index in [4.69, 9.17) is 22.1 Å². The highest BCUT2D eigenvalue weighted by Crippen LogP contribution is 2.39. The third-order valence-corrected chi connectivity index (χ3v) is 5.63. The molecule has 30 heavy (non-hydrogen) atoms. The molecule has 0 bridgehead atoms. The maximum Gasteiger partial charge on any atom is 0.312 e. The Balaban J connectivity index is 0.00000256. The molecule has 0 saturated carbocycles. The molecule has 7 heteroatoms. The third kappa shape index (κ3) is 4.15. The van der Waals surface area contributed by atoms with Crippen LogP contribution in [0.25, 0.3) is 11.1 Å². The summed E-state index contributed by atoms with van der Waals surface area (Å²) in [5.74, 6) is -1.24. The van der Waals surface area contributed by atoms with Gasteiger partial charge in [0.1, 0.15) is 17.3 Å². The number of carboxylic acid groups (broad SMARTS) is 1. The van der Waals surface area contributed by atoms with Crippen LogP contribution in [0.15, 0.2) is 60.7 Å². The van der Waals surface area contributed by atoms with Gasteiger partial charge in [-0.2, -0.15) is 0 Å². The predicted octanol–water partition coefficient (Wildman–Crippen LogP) is 5.80. The lowest BCUT2D eigenvalue weighted by atomic mass is 9.79. The Labute approximate surface area is 184 Å². The molecule has 156 valence electrons. The summed E-state index contributed by atoms with van der Waals surface area (Å²) in [5, 5.41) is 9.63. The van der Waals surface area contributed by atoms with Gasteiger partial charge in [-0.1, -0.05) is 48.0 Å². The van der Waals surface area contributed by atoms with E-state index >= 15 is 0 Å². The van der Waals surface area contributed by atoms with Gasteiger partial charge in [0.25, 0.3) is 0 Å². The first kappa shape index (κ1) is 22.1. The zero-order chi connectivity index (χ0) is 20.5. The minimum absolute atomic E-state index is 0. The molecular formula is C23H20Cl2FNO3. The zero-order valence-electron chi connectivity index (χ0n) is 15.8. The van der Waals surface area contributed by atoms with Crippen molar-refractivity contribution in [2.45, 2.75) is 24.8 Å². The topological polar surface area (TPSA) is 72.5 Å². The van der Waals surface area contributed by atoms with E-state index in [0.717, 1.165) is 12.0 Å². The molecule has 0 aromatic heterocycles. The second-order valence-electron chi connectivity index (χ2n) is 7.08. The average Bonchev–Trinajstić information content (AvgIpc) is 2.70. The lowest BCUT2D eigenvalue weighted by Crippen LogP contribution is -2.37. The first-order valence-corrected chi connectivity index (χ1v) is 9.66. The normalized spacial score (nSPS) is 17.6. The molecule has 0 spiro atoms. The van der Waals surface area contributed by atoms with Crippen molar-refractivity contribution in [1.29, 1.82) is 0 Å². The molecule has 3 N–H and O–H groups in total. The van der Waals surface area contributed by atoms with E-state index in [2.05, 4.69) is 0 Å². The Morgan fingerprint density at radius 2 is 1.83 bits per heavy atom. The maximum atomic E-state index is 13.9. The van der Waals surface area contributed by atoms with Crippen LogP contribution in [0.2, 0.25) is 5.02 Å². The molecule has 1 aliphatic carbocycles. The number of hydrogen-bond acceptors (Lipinski definition) is 3. The van der Waals surface area contributed by atoms with Gasteiger partial charge in [-0.05, 0) is 48.2 Å². The van der Waals surface area contributed by atoms with E-state index in [1.165, 1.54) is 6.07 Å². The number of carbonyl (C=O) groups is 1. The number of aryl methyl sites for hydroxylation is 1. The molecule has 2 atom stereocenters. The molecule has 0 saturated heterocycles. The second-order valence-corrected chi connectivity index (χ2v) is 7.46. The first-order chi connectivity index (χ1) is 14.0. The lowest BCUT2D eigenvalue weighted by Gasteiger charge is -2.28. The quantitative estimate of drug-likeness (QED) is 0.529. The largest absolute Gasteiger partial charge is 0.481 e. The maximum absolute atomic E-state index is 13.9. The monoisotopic (exact) mass is 447 g/mol. The van der Waals surface area contributed by atoms with Crippen molar-refractivity contribution in [1.82, 2.24) is 0 Å². The van der Waals surface area contributed by atoms with Crippen LogP contribution in [0.1, 0.15) is 23.5 Å². The molecular weight excluding hydrogens is 428 g/mol. The molecule has 0 radical (unpaired) electrons. The van der Waals surface area contributed by atoms with Gasteiger partial charge in [-0.3, -0.25) is 4.79 Å². The standard InChI is InChI=1S/C23H19ClFNO3.ClH/c24-22-16(5-3-6-18(22)25)15-4-1-2-7-20(15)29-14-10-8-13-9-11-19(26)21(23(27)28)17(13)12-14;/h1-8,10,12,19,21H,9,11,26H2,(H,27,28);1H. The smallest absolute Gasteiger partial charge is 0.312 e. The first-order valence-electron chi connectivity index (χ1n) is 9.28. The van der Waals surface area contributed by atoms with Crippen LogP contribution in [0, 0.1) is 5.82 Å². The Kier molecular flexibility index (Phi) is 6.66. The van der Waals surface area contributed by atoms with Crippen molar-refractivity contribution in [3.63, 3.8) is 0 Å². The molecule has 4 nitrogen and oxygen atoms in total. The van der Waals surface area contributed by atoms with Gasteiger partial charge < -0.3 is 15.6 Å². The Bertz CT molecular complexity index is 1090. The van der Waals surface area contributed by atoms with Crippen molar-refractivity contribution in [2.75, 3.05) is 0 Å². The van der Waals surface area contributed by atoms with Crippen LogP contribution in [-0.2, 0) is 11.2 Å². The third-order valence-electron chi connectivity index (χ3n) is 5.25. The minimum Gasteiger partial charge on any atom is -0.481 e. The molecule has 3 aromatic carbocycles. The fourth-order valence-corrected chi connectivity index (χ4v) is 4.03. The van der Waals surface area contributed by atoms with Crippen LogP contribution in [0.3, 0.4) is 0 Å². The van der Waals surface area contributed by atoms with E-state index < -0.39 is 23.7 Å². The molecule has 4 rings (SSSR count). The van der Waals surface area contributed by atoms with Crippen LogP contribution >= 0.6 is 24.0 Å². The van der Waals surface area contributed by atoms with E-state index in [9.17, 15) is 14.3 Å². The molecule has 0 aliphatic heterocycles. The Morgan fingerprint density at radius 1 is 1.10 bits per heavy atom. The number of fused-ring (bicyclic) bond motifs is 1. The SMILES string of the molecule is Cl.NC1CCc2ccc(Oc3ccccc3-c3cccc(F)c3Cl)cc2C1C(=O)O. The number of halogens is 3. The molecule has 1 aliphatic rings. The van der Waals surface area contributed by atoms with Crippen LogP contribution < -0.4 is 10.5 Å². The molecule has 0 heterocycles. The summed E-state index contributed by atoms with van der Waals surface area (Å²) in [5.41, 5.74) is 8.86. The van der Waals surface area contributed by atoms with Gasteiger partial charge in [0.15, 0.2) is 0 Å². The van der Waals surface area contributed by atoms with Crippen molar-refractivity contribution >= 4 is 30.0 Å². The number of para-hydroxylation sites is 1. The summed E-state index contributed by atoms with van der Waals surface area (Å²) in [6.45, 7) is 0. The number of nitrogens with two attached hydrogens (primary N) is 1. The van der Waals surface area contributed by atoms with Crippen molar-refractivity contribution in [3.05, 3.63) is 82.6 Å². The average molecular weight is 448 g/mol. The second kappa shape index (κ2) is 9.04. The summed E-state index contributed by atoms with van der Waals surface area (Å²) in [7, 11) is 0. The van der Waals surface area contributed by atoms with E-state index in [1.54, 1.807) is 42.5 Å². The zero-order valence-corrected chi connectivity index (χ0v) is 17.4. The van der Waals surface area contributed by atoms with Crippen molar-refractivity contribution in [3.8, 4) is 22.6 Å². The number of carboxylic acids is 1. The van der Waals surface area contributed by atoms with Crippen LogP contribution in [0.4, 0.5) is 4.39 Å². The van der Waals surface area contributed by atoms with Gasteiger partial charge in [0.2, 0.25) is 0 Å². The van der Waals surface area contributed by atoms with E-state index in [-0.39, 0.29) is 17.4 Å². The fraction of sp³-hybridized carbons (Fsp3) is 0.174. The molecule has 0 fully saturated rings. The van der Waals surface area contributed by atoms with Crippen LogP contribution in [0.5, 0.6) is 11.5 Å². The highest BCUT2D eigenvalue weighted by atomic mass is 35.5. The van der Waals surface area contributed by atoms with E-state index in [1.807, 2.05) is 12.1 Å². The summed E-state index contributed by atoms with van der Waals surface area (Å²) in [6.07, 6.45) is 1.36. The Hall–Kier alpha value is -2.60. The van der Waals surface area contributed by atoms with Gasteiger partial charge in [0.05, 0.1) is 10.9 Å². The number of hydrogen-bond donors (Lipinski definition) is 2. The fourth-order valence-electron chi connectivity index (χ4n) is 3.81. The van der Waals surface area contributed by atoms with Gasteiger partial charge in [-0.15, -0.1) is 12.4 Å². The summed E-state index contributed by atoms with van der Waals surface area (Å²) < 4.78 is 20.0. The number of rotatable bonds is 4. The van der Waals surface area contributed by atoms with Crippen LogP contribution in [-0.4, -0.2) is 17.1 Å².